The number of hydrogen-bond donors (Lipinski definition) is 1. The Hall–Kier alpha value is -3.35. The second-order valence-corrected chi connectivity index (χ2v) is 7.56. The molecular weight excluding hydrogens is 380 g/mol. The number of furan rings is 1. The van der Waals surface area contributed by atoms with Crippen molar-refractivity contribution in [1.29, 1.82) is 0 Å². The van der Waals surface area contributed by atoms with Gasteiger partial charge in [0.25, 0.3) is 5.56 Å². The van der Waals surface area contributed by atoms with Gasteiger partial charge in [0.1, 0.15) is 23.1 Å². The van der Waals surface area contributed by atoms with Crippen LogP contribution in [-0.2, 0) is 17.8 Å². The molecule has 7 heteroatoms. The van der Waals surface area contributed by atoms with Crippen LogP contribution in [0.15, 0.2) is 45.6 Å². The molecule has 1 atom stereocenters. The van der Waals surface area contributed by atoms with E-state index in [-0.39, 0.29) is 11.5 Å². The molecule has 1 N–H and O–H groups in total. The molecule has 156 valence electrons. The molecule has 3 aromatic heterocycles. The quantitative estimate of drug-likeness (QED) is 0.529. The molecule has 0 aliphatic heterocycles. The molecule has 4 aromatic rings. The first-order valence-electron chi connectivity index (χ1n) is 10.3. The summed E-state index contributed by atoms with van der Waals surface area (Å²) in [6.45, 7) is 8.16. The van der Waals surface area contributed by atoms with Gasteiger partial charge in [0.15, 0.2) is 5.58 Å². The van der Waals surface area contributed by atoms with E-state index in [9.17, 15) is 9.59 Å². The zero-order valence-electron chi connectivity index (χ0n) is 17.7. The Bertz CT molecular complexity index is 1300. The minimum absolute atomic E-state index is 0.215. The Morgan fingerprint density at radius 3 is 2.63 bits per heavy atom. The molecule has 0 aliphatic carbocycles. The fraction of sp³-hybridized carbons (Fsp3) is 0.348. The lowest BCUT2D eigenvalue weighted by Gasteiger charge is -2.19. The first-order valence-corrected chi connectivity index (χ1v) is 10.3. The Kier molecular flexibility index (Phi) is 5.20. The minimum Gasteiger partial charge on any atom is -0.460 e. The van der Waals surface area contributed by atoms with Crippen LogP contribution in [0.2, 0.25) is 0 Å². The zero-order valence-corrected chi connectivity index (χ0v) is 17.7. The average molecular weight is 406 g/mol. The van der Waals surface area contributed by atoms with Crippen molar-refractivity contribution in [3.8, 4) is 0 Å². The molecule has 7 nitrogen and oxygen atoms in total. The predicted octanol–water partition coefficient (Wildman–Crippen LogP) is 3.69. The lowest BCUT2D eigenvalue weighted by molar-refractivity contribution is -0.125. The molecule has 1 aromatic carbocycles. The lowest BCUT2D eigenvalue weighted by atomic mass is 10.1. The van der Waals surface area contributed by atoms with Crippen LogP contribution in [0.4, 0.5) is 0 Å². The Labute approximate surface area is 174 Å². The van der Waals surface area contributed by atoms with Gasteiger partial charge in [0.05, 0.1) is 5.52 Å². The van der Waals surface area contributed by atoms with Gasteiger partial charge in [-0.15, -0.1) is 0 Å². The summed E-state index contributed by atoms with van der Waals surface area (Å²) in [4.78, 5) is 26.2. The van der Waals surface area contributed by atoms with Crippen molar-refractivity contribution in [3.05, 3.63) is 69.5 Å². The van der Waals surface area contributed by atoms with Crippen molar-refractivity contribution in [2.75, 3.05) is 0 Å². The maximum atomic E-state index is 13.2. The predicted molar refractivity (Wildman–Crippen MR) is 116 cm³/mol. The van der Waals surface area contributed by atoms with E-state index in [0.717, 1.165) is 22.4 Å². The summed E-state index contributed by atoms with van der Waals surface area (Å²) in [7, 11) is 0. The summed E-state index contributed by atoms with van der Waals surface area (Å²) in [5.74, 6) is 1.28. The number of amides is 1. The highest BCUT2D eigenvalue weighted by Gasteiger charge is 2.24. The van der Waals surface area contributed by atoms with Gasteiger partial charge in [0, 0.05) is 25.1 Å². The van der Waals surface area contributed by atoms with E-state index in [1.165, 1.54) is 4.68 Å². The van der Waals surface area contributed by atoms with Crippen LogP contribution >= 0.6 is 0 Å². The number of aromatic nitrogens is 3. The lowest BCUT2D eigenvalue weighted by Crippen LogP contribution is -2.39. The molecule has 0 unspecified atom stereocenters. The van der Waals surface area contributed by atoms with Gasteiger partial charge in [0.2, 0.25) is 5.91 Å². The van der Waals surface area contributed by atoms with Crippen molar-refractivity contribution in [3.63, 3.8) is 0 Å². The third-order valence-electron chi connectivity index (χ3n) is 5.54. The molecule has 0 aliphatic rings. The van der Waals surface area contributed by atoms with Gasteiger partial charge in [-0.25, -0.2) is 4.68 Å². The third-order valence-corrected chi connectivity index (χ3v) is 5.54. The molecule has 0 bridgehead atoms. The van der Waals surface area contributed by atoms with Crippen molar-refractivity contribution in [1.82, 2.24) is 19.5 Å². The second-order valence-electron chi connectivity index (χ2n) is 7.56. The smallest absolute Gasteiger partial charge is 0.291 e. The van der Waals surface area contributed by atoms with Crippen LogP contribution in [-0.4, -0.2) is 20.1 Å². The third kappa shape index (κ3) is 3.30. The maximum Gasteiger partial charge on any atom is 0.291 e. The topological polar surface area (TPSA) is 81.5 Å². The van der Waals surface area contributed by atoms with E-state index in [1.54, 1.807) is 6.07 Å². The Morgan fingerprint density at radius 2 is 1.93 bits per heavy atom. The number of carbonyl (C=O) groups is 1. The molecule has 4 rings (SSSR count). The number of aryl methyl sites for hydroxylation is 3. The number of nitrogens with one attached hydrogen (secondary N) is 1. The van der Waals surface area contributed by atoms with E-state index >= 15 is 0 Å². The molecule has 0 fully saturated rings. The fourth-order valence-corrected chi connectivity index (χ4v) is 3.90. The van der Waals surface area contributed by atoms with Gasteiger partial charge in [-0.2, -0.15) is 5.10 Å². The molecule has 0 spiro atoms. The molecule has 1 amide bonds. The highest BCUT2D eigenvalue weighted by Crippen LogP contribution is 2.24. The highest BCUT2D eigenvalue weighted by atomic mass is 16.3. The standard InChI is InChI=1S/C23H26N4O3/c1-5-17(22(28)24-13-16-10-8-7-9-14(16)3)27-23(29)19-12-20-18(11-15(4)30-20)26(19)21(6-2)25-27/h7-12,17H,5-6,13H2,1-4H3,(H,24,28)/t17-/m0/s1. The van der Waals surface area contributed by atoms with Crippen molar-refractivity contribution in [2.45, 2.75) is 53.1 Å². The summed E-state index contributed by atoms with van der Waals surface area (Å²) in [6, 6.07) is 10.9. The van der Waals surface area contributed by atoms with E-state index in [0.29, 0.717) is 36.3 Å². The first kappa shape index (κ1) is 19.9. The van der Waals surface area contributed by atoms with Gasteiger partial charge in [-0.1, -0.05) is 38.1 Å². The number of rotatable bonds is 6. The fourth-order valence-electron chi connectivity index (χ4n) is 3.90. The number of nitrogens with zero attached hydrogens (tertiary/aromatic N) is 3. The average Bonchev–Trinajstić information content (AvgIpc) is 3.26. The van der Waals surface area contributed by atoms with Crippen LogP contribution in [0.1, 0.15) is 49.0 Å². The summed E-state index contributed by atoms with van der Waals surface area (Å²) in [5, 5.41) is 7.55. The molecule has 0 radical (unpaired) electrons. The van der Waals surface area contributed by atoms with E-state index in [4.69, 9.17) is 4.42 Å². The molecule has 0 saturated carbocycles. The SMILES string of the molecule is CCc1nn([C@@H](CC)C(=O)NCc2ccccc2C)c(=O)c2cc3oc(C)cc3n12. The number of benzene rings is 1. The summed E-state index contributed by atoms with van der Waals surface area (Å²) in [6.07, 6.45) is 1.08. The van der Waals surface area contributed by atoms with Crippen LogP contribution in [0.25, 0.3) is 16.6 Å². The molecule has 30 heavy (non-hydrogen) atoms. The van der Waals surface area contributed by atoms with Crippen molar-refractivity contribution < 1.29 is 9.21 Å². The monoisotopic (exact) mass is 406 g/mol. The normalized spacial score (nSPS) is 12.5. The van der Waals surface area contributed by atoms with Crippen LogP contribution < -0.4 is 10.9 Å². The summed E-state index contributed by atoms with van der Waals surface area (Å²) in [5.41, 5.74) is 3.81. The maximum absolute atomic E-state index is 13.2. The van der Waals surface area contributed by atoms with Gasteiger partial charge >= 0.3 is 0 Å². The highest BCUT2D eigenvalue weighted by molar-refractivity contribution is 5.84. The minimum atomic E-state index is -0.681. The molecule has 0 saturated heterocycles. The Morgan fingerprint density at radius 1 is 1.17 bits per heavy atom. The zero-order chi connectivity index (χ0) is 21.4. The van der Waals surface area contributed by atoms with E-state index in [1.807, 2.05) is 62.4 Å². The molecule has 3 heterocycles. The number of fused-ring (bicyclic) bond motifs is 3. The second kappa shape index (κ2) is 7.82. The van der Waals surface area contributed by atoms with Crippen LogP contribution in [0.3, 0.4) is 0 Å². The summed E-state index contributed by atoms with van der Waals surface area (Å²) < 4.78 is 8.87. The number of carbonyl (C=O) groups excluding carboxylic acids is 1. The molecular formula is C23H26N4O3. The van der Waals surface area contributed by atoms with Crippen LogP contribution in [0.5, 0.6) is 0 Å². The van der Waals surface area contributed by atoms with E-state index in [2.05, 4.69) is 10.4 Å². The van der Waals surface area contributed by atoms with Gasteiger partial charge in [-0.3, -0.25) is 14.0 Å². The largest absolute Gasteiger partial charge is 0.460 e. The van der Waals surface area contributed by atoms with Crippen LogP contribution in [0, 0.1) is 13.8 Å². The summed E-state index contributed by atoms with van der Waals surface area (Å²) >= 11 is 0. The van der Waals surface area contributed by atoms with Crippen molar-refractivity contribution >= 4 is 22.5 Å². The Balaban J connectivity index is 1.72. The van der Waals surface area contributed by atoms with Crippen molar-refractivity contribution in [2.24, 2.45) is 0 Å². The van der Waals surface area contributed by atoms with E-state index < -0.39 is 6.04 Å². The first-order chi connectivity index (χ1) is 14.4. The number of hydrogen-bond acceptors (Lipinski definition) is 4. The van der Waals surface area contributed by atoms with Gasteiger partial charge in [-0.05, 0) is 31.4 Å². The van der Waals surface area contributed by atoms with Gasteiger partial charge < -0.3 is 9.73 Å².